The maximum Gasteiger partial charge on any atom is 0.346 e. The summed E-state index contributed by atoms with van der Waals surface area (Å²) in [7, 11) is 0. The minimum absolute atomic E-state index is 0.0510. The summed E-state index contributed by atoms with van der Waals surface area (Å²) in [5, 5.41) is 9.31. The molecular formula is C11H16N2O4S. The number of carboxylic acids is 1. The van der Waals surface area contributed by atoms with Crippen molar-refractivity contribution in [3.63, 3.8) is 0 Å². The Labute approximate surface area is 109 Å². The molecule has 0 aliphatic rings. The van der Waals surface area contributed by atoms with Gasteiger partial charge < -0.3 is 14.8 Å². The summed E-state index contributed by atoms with van der Waals surface area (Å²) in [4.78, 5) is 28.4. The van der Waals surface area contributed by atoms with Gasteiger partial charge in [0.05, 0.1) is 6.61 Å². The summed E-state index contributed by atoms with van der Waals surface area (Å²) in [6.07, 6.45) is 0.938. The van der Waals surface area contributed by atoms with Crippen molar-refractivity contribution in [3.8, 4) is 0 Å². The highest BCUT2D eigenvalue weighted by molar-refractivity contribution is 7.99. The van der Waals surface area contributed by atoms with Crippen LogP contribution in [0.2, 0.25) is 0 Å². The van der Waals surface area contributed by atoms with Gasteiger partial charge in [-0.25, -0.2) is 9.59 Å². The van der Waals surface area contributed by atoms with E-state index in [0.29, 0.717) is 24.7 Å². The standard InChI is InChI=1S/C11H16N2O4S/c1-3-4-17-5-6-18-9-8(10(14)15)7(2)12-11(16)13-9/h3-6H2,1-2H3,(H,14,15)(H,12,13,16). The van der Waals surface area contributed by atoms with E-state index < -0.39 is 11.7 Å². The first-order chi connectivity index (χ1) is 8.56. The molecule has 0 radical (unpaired) electrons. The minimum atomic E-state index is -1.09. The van der Waals surface area contributed by atoms with Crippen LogP contribution in [0.25, 0.3) is 0 Å². The number of nitrogens with one attached hydrogen (secondary N) is 1. The van der Waals surface area contributed by atoms with Gasteiger partial charge in [-0.05, 0) is 13.3 Å². The van der Waals surface area contributed by atoms with E-state index in [0.717, 1.165) is 6.42 Å². The van der Waals surface area contributed by atoms with E-state index in [4.69, 9.17) is 9.84 Å². The van der Waals surface area contributed by atoms with E-state index in [1.165, 1.54) is 11.8 Å². The van der Waals surface area contributed by atoms with E-state index in [2.05, 4.69) is 9.97 Å². The SMILES string of the molecule is CCCOCCSc1nc(=O)[nH]c(C)c1C(=O)O. The van der Waals surface area contributed by atoms with Gasteiger partial charge in [-0.15, -0.1) is 11.8 Å². The maximum absolute atomic E-state index is 11.2. The van der Waals surface area contributed by atoms with Crippen molar-refractivity contribution in [2.75, 3.05) is 19.0 Å². The predicted molar refractivity (Wildman–Crippen MR) is 68.4 cm³/mol. The highest BCUT2D eigenvalue weighted by atomic mass is 32.2. The number of hydrogen-bond donors (Lipinski definition) is 2. The lowest BCUT2D eigenvalue weighted by molar-refractivity contribution is 0.0690. The van der Waals surface area contributed by atoms with Crippen molar-refractivity contribution < 1.29 is 14.6 Å². The van der Waals surface area contributed by atoms with Crippen molar-refractivity contribution in [2.24, 2.45) is 0 Å². The van der Waals surface area contributed by atoms with Crippen LogP contribution in [0.4, 0.5) is 0 Å². The van der Waals surface area contributed by atoms with Crippen LogP contribution in [0.15, 0.2) is 9.82 Å². The van der Waals surface area contributed by atoms with E-state index in [-0.39, 0.29) is 10.6 Å². The lowest BCUT2D eigenvalue weighted by atomic mass is 10.2. The number of aromatic amines is 1. The summed E-state index contributed by atoms with van der Waals surface area (Å²) in [5.74, 6) is -0.524. The van der Waals surface area contributed by atoms with Gasteiger partial charge in [0, 0.05) is 18.1 Å². The van der Waals surface area contributed by atoms with Crippen LogP contribution < -0.4 is 5.69 Å². The molecule has 0 fully saturated rings. The fourth-order valence-corrected chi connectivity index (χ4v) is 2.29. The maximum atomic E-state index is 11.2. The molecule has 1 rings (SSSR count). The summed E-state index contributed by atoms with van der Waals surface area (Å²) in [5.41, 5.74) is -0.163. The summed E-state index contributed by atoms with van der Waals surface area (Å²) in [6, 6.07) is 0. The number of aryl methyl sites for hydroxylation is 1. The first kappa shape index (κ1) is 14.7. The fourth-order valence-electron chi connectivity index (χ4n) is 1.36. The first-order valence-corrected chi connectivity index (χ1v) is 6.59. The molecule has 0 unspecified atom stereocenters. The molecule has 0 aliphatic heterocycles. The molecule has 100 valence electrons. The molecule has 7 heteroatoms. The van der Waals surface area contributed by atoms with Crippen LogP contribution >= 0.6 is 11.8 Å². The van der Waals surface area contributed by atoms with E-state index in [1.807, 2.05) is 6.92 Å². The number of H-pyrrole nitrogens is 1. The zero-order valence-electron chi connectivity index (χ0n) is 10.4. The number of thioether (sulfide) groups is 1. The second-order valence-electron chi connectivity index (χ2n) is 3.61. The molecule has 1 aromatic heterocycles. The van der Waals surface area contributed by atoms with Crippen LogP contribution in [0.1, 0.15) is 29.4 Å². The lowest BCUT2D eigenvalue weighted by Gasteiger charge is -2.07. The summed E-state index contributed by atoms with van der Waals surface area (Å²) >= 11 is 1.22. The molecule has 0 spiro atoms. The third kappa shape index (κ3) is 4.15. The smallest absolute Gasteiger partial charge is 0.346 e. The van der Waals surface area contributed by atoms with Gasteiger partial charge in [-0.3, -0.25) is 0 Å². The Morgan fingerprint density at radius 1 is 1.50 bits per heavy atom. The number of nitrogens with zero attached hydrogens (tertiary/aromatic N) is 1. The monoisotopic (exact) mass is 272 g/mol. The average molecular weight is 272 g/mol. The van der Waals surface area contributed by atoms with E-state index in [9.17, 15) is 9.59 Å². The van der Waals surface area contributed by atoms with Crippen molar-refractivity contribution in [3.05, 3.63) is 21.7 Å². The number of hydrogen-bond acceptors (Lipinski definition) is 5. The Bertz CT molecular complexity index is 473. The van der Waals surface area contributed by atoms with Gasteiger partial charge in [-0.1, -0.05) is 6.92 Å². The zero-order chi connectivity index (χ0) is 13.5. The topological polar surface area (TPSA) is 92.3 Å². The highest BCUT2D eigenvalue weighted by Crippen LogP contribution is 2.20. The second kappa shape index (κ2) is 7.17. The lowest BCUT2D eigenvalue weighted by Crippen LogP contribution is -2.18. The second-order valence-corrected chi connectivity index (χ2v) is 4.70. The Kier molecular flexibility index (Phi) is 5.87. The Morgan fingerprint density at radius 3 is 2.83 bits per heavy atom. The molecule has 0 saturated heterocycles. The molecule has 0 aliphatic carbocycles. The first-order valence-electron chi connectivity index (χ1n) is 5.61. The van der Waals surface area contributed by atoms with Crippen LogP contribution in [-0.4, -0.2) is 40.0 Å². The number of ether oxygens (including phenoxy) is 1. The minimum Gasteiger partial charge on any atom is -0.478 e. The predicted octanol–water partition coefficient (Wildman–Crippen LogP) is 1.30. The molecular weight excluding hydrogens is 256 g/mol. The quantitative estimate of drug-likeness (QED) is 0.441. The Balaban J connectivity index is 2.74. The van der Waals surface area contributed by atoms with Crippen molar-refractivity contribution >= 4 is 17.7 Å². The molecule has 0 atom stereocenters. The van der Waals surface area contributed by atoms with E-state index >= 15 is 0 Å². The van der Waals surface area contributed by atoms with E-state index in [1.54, 1.807) is 6.92 Å². The summed E-state index contributed by atoms with van der Waals surface area (Å²) < 4.78 is 5.28. The number of carboxylic acid groups (broad SMARTS) is 1. The zero-order valence-corrected chi connectivity index (χ0v) is 11.2. The molecule has 0 saturated carbocycles. The largest absolute Gasteiger partial charge is 0.478 e. The summed E-state index contributed by atoms with van der Waals surface area (Å²) in [6.45, 7) is 4.74. The van der Waals surface area contributed by atoms with Crippen LogP contribution in [0.3, 0.4) is 0 Å². The normalized spacial score (nSPS) is 10.6. The van der Waals surface area contributed by atoms with Gasteiger partial charge >= 0.3 is 11.7 Å². The highest BCUT2D eigenvalue weighted by Gasteiger charge is 2.16. The molecule has 1 aromatic rings. The molecule has 0 bridgehead atoms. The molecule has 6 nitrogen and oxygen atoms in total. The molecule has 2 N–H and O–H groups in total. The van der Waals surface area contributed by atoms with Crippen LogP contribution in [-0.2, 0) is 4.74 Å². The number of rotatable bonds is 7. The molecule has 0 amide bonds. The van der Waals surface area contributed by atoms with Crippen molar-refractivity contribution in [1.82, 2.24) is 9.97 Å². The number of aromatic nitrogens is 2. The molecule has 0 aromatic carbocycles. The van der Waals surface area contributed by atoms with Crippen LogP contribution in [0, 0.1) is 6.92 Å². The molecule has 18 heavy (non-hydrogen) atoms. The third-order valence-corrected chi connectivity index (χ3v) is 3.05. The van der Waals surface area contributed by atoms with Gasteiger partial charge in [0.15, 0.2) is 0 Å². The average Bonchev–Trinajstić information content (AvgIpc) is 2.27. The van der Waals surface area contributed by atoms with Gasteiger partial charge in [0.25, 0.3) is 0 Å². The van der Waals surface area contributed by atoms with Crippen LogP contribution in [0.5, 0.6) is 0 Å². The molecule has 1 heterocycles. The van der Waals surface area contributed by atoms with Crippen molar-refractivity contribution in [1.29, 1.82) is 0 Å². The van der Waals surface area contributed by atoms with Crippen molar-refractivity contribution in [2.45, 2.75) is 25.3 Å². The van der Waals surface area contributed by atoms with Gasteiger partial charge in [0.2, 0.25) is 0 Å². The van der Waals surface area contributed by atoms with Gasteiger partial charge in [0.1, 0.15) is 10.6 Å². The Morgan fingerprint density at radius 2 is 2.22 bits per heavy atom. The Hall–Kier alpha value is -1.34. The fraction of sp³-hybridized carbons (Fsp3) is 0.545. The number of aromatic carboxylic acids is 1. The third-order valence-electron chi connectivity index (χ3n) is 2.12. The number of carbonyl (C=O) groups is 1. The van der Waals surface area contributed by atoms with Gasteiger partial charge in [-0.2, -0.15) is 4.98 Å².